The Bertz CT molecular complexity index is 953. The molecule has 4 aliphatic carbocycles. The van der Waals surface area contributed by atoms with Gasteiger partial charge < -0.3 is 9.47 Å². The van der Waals surface area contributed by atoms with Gasteiger partial charge in [0.05, 0.1) is 0 Å². The van der Waals surface area contributed by atoms with E-state index < -0.39 is 0 Å². The van der Waals surface area contributed by atoms with Crippen LogP contribution in [0.3, 0.4) is 0 Å². The zero-order valence-electron chi connectivity index (χ0n) is 17.4. The van der Waals surface area contributed by atoms with Crippen LogP contribution in [0.25, 0.3) is 0 Å². The molecule has 6 rings (SSSR count). The average Bonchev–Trinajstić information content (AvgIpc) is 2.74. The molecular formula is C26H26N2O2. The van der Waals surface area contributed by atoms with Crippen LogP contribution in [0, 0.1) is 34.4 Å². The largest absolute Gasteiger partial charge is 0.388 e. The van der Waals surface area contributed by atoms with Crippen LogP contribution in [0.1, 0.15) is 63.0 Å². The van der Waals surface area contributed by atoms with Crippen molar-refractivity contribution in [3.8, 4) is 24.0 Å². The highest BCUT2D eigenvalue weighted by molar-refractivity contribution is 5.42. The molecule has 0 amide bonds. The van der Waals surface area contributed by atoms with Gasteiger partial charge in [-0.05, 0) is 96.1 Å². The SMILES string of the molecule is CCC12CC3CC(c4ccc(OC#N)cc4)(C1)CC(c1ccc(OC#N)cc1)(C3)C2. The molecule has 4 bridgehead atoms. The van der Waals surface area contributed by atoms with Gasteiger partial charge in [0, 0.05) is 0 Å². The van der Waals surface area contributed by atoms with Crippen LogP contribution in [-0.4, -0.2) is 0 Å². The second-order valence-corrected chi connectivity index (χ2v) is 9.86. The van der Waals surface area contributed by atoms with E-state index in [2.05, 4.69) is 31.2 Å². The minimum atomic E-state index is 0.183. The number of ether oxygens (including phenoxy) is 2. The summed E-state index contributed by atoms with van der Waals surface area (Å²) in [4.78, 5) is 0. The number of nitrogens with zero attached hydrogens (tertiary/aromatic N) is 2. The maximum absolute atomic E-state index is 8.80. The number of benzene rings is 2. The second kappa shape index (κ2) is 6.78. The first-order chi connectivity index (χ1) is 14.5. The fourth-order valence-electron chi connectivity index (χ4n) is 7.53. The Labute approximate surface area is 178 Å². The normalized spacial score (nSPS) is 33.5. The van der Waals surface area contributed by atoms with Gasteiger partial charge in [0.2, 0.25) is 0 Å². The van der Waals surface area contributed by atoms with Crippen molar-refractivity contribution in [3.05, 3.63) is 59.7 Å². The van der Waals surface area contributed by atoms with Crippen molar-refractivity contribution in [2.75, 3.05) is 0 Å². The van der Waals surface area contributed by atoms with E-state index in [4.69, 9.17) is 20.0 Å². The van der Waals surface area contributed by atoms with Gasteiger partial charge in [0.1, 0.15) is 11.5 Å². The molecule has 0 heterocycles. The molecule has 0 saturated heterocycles. The molecule has 152 valence electrons. The summed E-state index contributed by atoms with van der Waals surface area (Å²) in [7, 11) is 0. The number of rotatable bonds is 5. The summed E-state index contributed by atoms with van der Waals surface area (Å²) >= 11 is 0. The summed E-state index contributed by atoms with van der Waals surface area (Å²) in [5.41, 5.74) is 3.54. The molecule has 4 aliphatic rings. The zero-order valence-corrected chi connectivity index (χ0v) is 17.4. The lowest BCUT2D eigenvalue weighted by molar-refractivity contribution is -0.0920. The van der Waals surface area contributed by atoms with Gasteiger partial charge in [0.25, 0.3) is 12.5 Å². The van der Waals surface area contributed by atoms with Crippen molar-refractivity contribution in [3.63, 3.8) is 0 Å². The minimum Gasteiger partial charge on any atom is -0.388 e. The van der Waals surface area contributed by atoms with E-state index in [1.165, 1.54) is 49.7 Å². The Morgan fingerprint density at radius 2 is 1.23 bits per heavy atom. The van der Waals surface area contributed by atoms with Crippen molar-refractivity contribution >= 4 is 0 Å². The Morgan fingerprint density at radius 3 is 1.63 bits per heavy atom. The summed E-state index contributed by atoms with van der Waals surface area (Å²) in [6.45, 7) is 2.36. The highest BCUT2D eigenvalue weighted by Crippen LogP contribution is 2.71. The van der Waals surface area contributed by atoms with E-state index in [-0.39, 0.29) is 10.8 Å². The van der Waals surface area contributed by atoms with Crippen molar-refractivity contribution in [2.24, 2.45) is 11.3 Å². The quantitative estimate of drug-likeness (QED) is 0.581. The van der Waals surface area contributed by atoms with Crippen LogP contribution in [0.2, 0.25) is 0 Å². The van der Waals surface area contributed by atoms with Crippen molar-refractivity contribution < 1.29 is 9.47 Å². The van der Waals surface area contributed by atoms with E-state index in [1.54, 1.807) is 12.5 Å². The molecule has 0 spiro atoms. The molecule has 0 N–H and O–H groups in total. The minimum absolute atomic E-state index is 0.183. The van der Waals surface area contributed by atoms with Crippen LogP contribution < -0.4 is 9.47 Å². The molecule has 30 heavy (non-hydrogen) atoms. The molecule has 2 aromatic rings. The van der Waals surface area contributed by atoms with Gasteiger partial charge >= 0.3 is 0 Å². The molecular weight excluding hydrogens is 372 g/mol. The van der Waals surface area contributed by atoms with Crippen molar-refractivity contribution in [1.82, 2.24) is 0 Å². The summed E-state index contributed by atoms with van der Waals surface area (Å²) in [5, 5.41) is 17.6. The smallest absolute Gasteiger partial charge is 0.292 e. The summed E-state index contributed by atoms with van der Waals surface area (Å²) in [6.07, 6.45) is 12.3. The summed E-state index contributed by atoms with van der Waals surface area (Å²) < 4.78 is 10.0. The highest BCUT2D eigenvalue weighted by atomic mass is 16.5. The Kier molecular flexibility index (Phi) is 4.30. The van der Waals surface area contributed by atoms with E-state index in [1.807, 2.05) is 24.3 Å². The lowest BCUT2D eigenvalue weighted by Crippen LogP contribution is -2.60. The van der Waals surface area contributed by atoms with Crippen LogP contribution in [-0.2, 0) is 10.8 Å². The molecule has 2 unspecified atom stereocenters. The molecule has 2 aromatic carbocycles. The Morgan fingerprint density at radius 1 is 0.767 bits per heavy atom. The molecule has 4 heteroatoms. The van der Waals surface area contributed by atoms with Crippen LogP contribution in [0.15, 0.2) is 48.5 Å². The molecule has 4 saturated carbocycles. The molecule has 4 nitrogen and oxygen atoms in total. The maximum Gasteiger partial charge on any atom is 0.292 e. The number of hydrogen-bond acceptors (Lipinski definition) is 4. The standard InChI is InChI=1S/C26H26N2O2/c1-2-24-11-19-12-25(14-24,20-3-7-22(8-4-20)29-17-27)16-26(13-19,15-24)21-5-9-23(10-6-21)30-18-28/h3-10,19H,2,11-16H2,1H3. The van der Waals surface area contributed by atoms with Gasteiger partial charge in [-0.2, -0.15) is 0 Å². The van der Waals surface area contributed by atoms with Gasteiger partial charge in [-0.1, -0.05) is 37.6 Å². The molecule has 0 radical (unpaired) electrons. The average molecular weight is 399 g/mol. The Balaban J connectivity index is 1.56. The van der Waals surface area contributed by atoms with E-state index in [9.17, 15) is 0 Å². The van der Waals surface area contributed by atoms with Crippen LogP contribution in [0.5, 0.6) is 11.5 Å². The molecule has 0 aromatic heterocycles. The maximum atomic E-state index is 8.80. The van der Waals surface area contributed by atoms with E-state index in [0.717, 1.165) is 12.3 Å². The van der Waals surface area contributed by atoms with Crippen LogP contribution in [0.4, 0.5) is 0 Å². The lowest BCUT2D eigenvalue weighted by Gasteiger charge is -2.67. The van der Waals surface area contributed by atoms with E-state index >= 15 is 0 Å². The third-order valence-electron chi connectivity index (χ3n) is 8.19. The number of nitriles is 2. The first-order valence-electron chi connectivity index (χ1n) is 10.9. The summed E-state index contributed by atoms with van der Waals surface area (Å²) in [6, 6.07) is 16.5. The lowest BCUT2D eigenvalue weighted by atomic mass is 9.37. The van der Waals surface area contributed by atoms with Crippen LogP contribution >= 0.6 is 0 Å². The summed E-state index contributed by atoms with van der Waals surface area (Å²) in [5.74, 6) is 1.96. The van der Waals surface area contributed by atoms with Crippen molar-refractivity contribution in [2.45, 2.75) is 62.7 Å². The van der Waals surface area contributed by atoms with Gasteiger partial charge in [0.15, 0.2) is 0 Å². The highest BCUT2D eigenvalue weighted by Gasteiger charge is 2.63. The fourth-order valence-corrected chi connectivity index (χ4v) is 7.53. The third kappa shape index (κ3) is 2.86. The zero-order chi connectivity index (χ0) is 20.8. The predicted octanol–water partition coefficient (Wildman–Crippen LogP) is 5.98. The molecule has 2 atom stereocenters. The van der Waals surface area contributed by atoms with Gasteiger partial charge in [-0.25, -0.2) is 0 Å². The predicted molar refractivity (Wildman–Crippen MR) is 113 cm³/mol. The molecule has 0 aliphatic heterocycles. The van der Waals surface area contributed by atoms with Gasteiger partial charge in [-0.3, -0.25) is 0 Å². The Hall–Kier alpha value is -2.98. The van der Waals surface area contributed by atoms with Gasteiger partial charge in [-0.15, -0.1) is 10.5 Å². The topological polar surface area (TPSA) is 66.0 Å². The number of hydrogen-bond donors (Lipinski definition) is 0. The second-order valence-electron chi connectivity index (χ2n) is 9.86. The first kappa shape index (κ1) is 19.0. The molecule has 4 fully saturated rings. The van der Waals surface area contributed by atoms with Crippen molar-refractivity contribution in [1.29, 1.82) is 10.5 Å². The first-order valence-corrected chi connectivity index (χ1v) is 10.9. The fraction of sp³-hybridized carbons (Fsp3) is 0.462. The third-order valence-corrected chi connectivity index (χ3v) is 8.19. The monoisotopic (exact) mass is 398 g/mol. The van der Waals surface area contributed by atoms with E-state index in [0.29, 0.717) is 16.9 Å².